The molecule has 5 heteroatoms. The molecule has 3 aromatic rings. The van der Waals surface area contributed by atoms with Crippen LogP contribution in [0.15, 0.2) is 54.9 Å². The van der Waals surface area contributed by atoms with Crippen LogP contribution in [0.1, 0.15) is 5.56 Å². The molecule has 0 spiro atoms. The fourth-order valence-electron chi connectivity index (χ4n) is 2.10. The van der Waals surface area contributed by atoms with E-state index in [0.29, 0.717) is 6.54 Å². The maximum absolute atomic E-state index is 9.25. The minimum Gasteiger partial charge on any atom is -0.508 e. The number of rotatable bonds is 4. The van der Waals surface area contributed by atoms with E-state index in [1.165, 1.54) is 0 Å². The molecular weight excluding hydrogens is 264 g/mol. The van der Waals surface area contributed by atoms with Gasteiger partial charge in [-0.1, -0.05) is 12.1 Å². The molecule has 2 aromatic carbocycles. The smallest absolute Gasteiger partial charge is 0.163 e. The van der Waals surface area contributed by atoms with Gasteiger partial charge in [0, 0.05) is 24.8 Å². The average Bonchev–Trinajstić information content (AvgIpc) is 2.93. The van der Waals surface area contributed by atoms with E-state index in [2.05, 4.69) is 15.5 Å². The van der Waals surface area contributed by atoms with Crippen molar-refractivity contribution in [2.45, 2.75) is 6.54 Å². The van der Waals surface area contributed by atoms with Crippen LogP contribution in [0.5, 0.6) is 5.75 Å². The van der Waals surface area contributed by atoms with Gasteiger partial charge in [-0.25, -0.2) is 0 Å². The molecule has 0 saturated heterocycles. The van der Waals surface area contributed by atoms with Crippen molar-refractivity contribution >= 4 is 5.69 Å². The number of nitrogens with one attached hydrogen (secondary N) is 1. The molecule has 0 aliphatic heterocycles. The first kappa shape index (κ1) is 13.2. The van der Waals surface area contributed by atoms with E-state index in [-0.39, 0.29) is 5.75 Å². The molecule has 2 N–H and O–H groups in total. The van der Waals surface area contributed by atoms with Gasteiger partial charge in [0.25, 0.3) is 0 Å². The lowest BCUT2D eigenvalue weighted by molar-refractivity contribution is 0.475. The van der Waals surface area contributed by atoms with Crippen molar-refractivity contribution in [1.29, 1.82) is 0 Å². The second-order valence-corrected chi connectivity index (χ2v) is 4.86. The minimum absolute atomic E-state index is 0.284. The van der Waals surface area contributed by atoms with Crippen molar-refractivity contribution in [2.75, 3.05) is 5.32 Å². The summed E-state index contributed by atoms with van der Waals surface area (Å²) in [6.45, 7) is 0.712. The van der Waals surface area contributed by atoms with Crippen molar-refractivity contribution in [2.24, 2.45) is 7.05 Å². The zero-order valence-corrected chi connectivity index (χ0v) is 11.7. The van der Waals surface area contributed by atoms with E-state index in [1.807, 2.05) is 48.0 Å². The molecule has 1 aromatic heterocycles. The molecule has 0 atom stereocenters. The van der Waals surface area contributed by atoms with Gasteiger partial charge in [0.1, 0.15) is 12.1 Å². The number of phenolic OH excluding ortho intramolecular Hbond substituents is 1. The standard InChI is InChI=1S/C16H16N4O/c1-20-11-18-19-16(20)13-4-6-14(7-5-13)17-10-12-2-8-15(21)9-3-12/h2-9,11,17,21H,10H2,1H3. The van der Waals surface area contributed by atoms with Crippen LogP contribution in [0, 0.1) is 0 Å². The summed E-state index contributed by atoms with van der Waals surface area (Å²) >= 11 is 0. The zero-order valence-electron chi connectivity index (χ0n) is 11.7. The van der Waals surface area contributed by atoms with Gasteiger partial charge in [-0.2, -0.15) is 0 Å². The first-order valence-electron chi connectivity index (χ1n) is 6.68. The molecule has 0 saturated carbocycles. The summed E-state index contributed by atoms with van der Waals surface area (Å²) in [7, 11) is 1.92. The lowest BCUT2D eigenvalue weighted by atomic mass is 10.1. The van der Waals surface area contributed by atoms with Gasteiger partial charge in [0.15, 0.2) is 5.82 Å². The number of aromatic nitrogens is 3. The van der Waals surface area contributed by atoms with Crippen LogP contribution in [0.4, 0.5) is 5.69 Å². The molecule has 3 rings (SSSR count). The van der Waals surface area contributed by atoms with E-state index in [9.17, 15) is 5.11 Å². The van der Waals surface area contributed by atoms with Crippen LogP contribution < -0.4 is 5.32 Å². The second kappa shape index (κ2) is 5.66. The Balaban J connectivity index is 1.67. The molecule has 0 bridgehead atoms. The van der Waals surface area contributed by atoms with E-state index < -0.39 is 0 Å². The third kappa shape index (κ3) is 3.02. The molecule has 106 valence electrons. The van der Waals surface area contributed by atoms with Crippen molar-refractivity contribution in [1.82, 2.24) is 14.8 Å². The number of aromatic hydroxyl groups is 1. The maximum atomic E-state index is 9.25. The Morgan fingerprint density at radius 1 is 1.05 bits per heavy atom. The average molecular weight is 280 g/mol. The third-order valence-corrected chi connectivity index (χ3v) is 3.29. The SMILES string of the molecule is Cn1cnnc1-c1ccc(NCc2ccc(O)cc2)cc1. The molecule has 0 aliphatic carbocycles. The maximum Gasteiger partial charge on any atom is 0.163 e. The molecule has 0 fully saturated rings. The zero-order chi connectivity index (χ0) is 14.7. The van der Waals surface area contributed by atoms with E-state index >= 15 is 0 Å². The normalized spacial score (nSPS) is 10.5. The highest BCUT2D eigenvalue weighted by Crippen LogP contribution is 2.19. The van der Waals surface area contributed by atoms with Gasteiger partial charge in [-0.15, -0.1) is 10.2 Å². The van der Waals surface area contributed by atoms with Gasteiger partial charge in [-0.05, 0) is 42.0 Å². The highest BCUT2D eigenvalue weighted by Gasteiger charge is 2.03. The van der Waals surface area contributed by atoms with Crippen LogP contribution in [0.25, 0.3) is 11.4 Å². The van der Waals surface area contributed by atoms with Gasteiger partial charge >= 0.3 is 0 Å². The number of phenols is 1. The summed E-state index contributed by atoms with van der Waals surface area (Å²) in [6.07, 6.45) is 1.69. The molecule has 21 heavy (non-hydrogen) atoms. The van der Waals surface area contributed by atoms with Gasteiger partial charge < -0.3 is 15.0 Å². The number of hydrogen-bond donors (Lipinski definition) is 2. The minimum atomic E-state index is 0.284. The predicted octanol–water partition coefficient (Wildman–Crippen LogP) is 2.80. The van der Waals surface area contributed by atoms with Crippen LogP contribution in [0.3, 0.4) is 0 Å². The van der Waals surface area contributed by atoms with E-state index in [1.54, 1.807) is 18.5 Å². The number of anilines is 1. The van der Waals surface area contributed by atoms with Crippen LogP contribution in [-0.2, 0) is 13.6 Å². The van der Waals surface area contributed by atoms with Crippen molar-refractivity contribution in [3.63, 3.8) is 0 Å². The van der Waals surface area contributed by atoms with Crippen LogP contribution >= 0.6 is 0 Å². The Morgan fingerprint density at radius 3 is 2.38 bits per heavy atom. The summed E-state index contributed by atoms with van der Waals surface area (Å²) in [5.41, 5.74) is 3.18. The summed E-state index contributed by atoms with van der Waals surface area (Å²) in [5, 5.41) is 20.6. The topological polar surface area (TPSA) is 63.0 Å². The third-order valence-electron chi connectivity index (χ3n) is 3.29. The Kier molecular flexibility index (Phi) is 3.55. The molecule has 5 nitrogen and oxygen atoms in total. The quantitative estimate of drug-likeness (QED) is 0.771. The molecule has 0 amide bonds. The Bertz CT molecular complexity index is 717. The first-order valence-corrected chi connectivity index (χ1v) is 6.68. The first-order chi connectivity index (χ1) is 10.2. The van der Waals surface area contributed by atoms with Crippen molar-refractivity contribution in [3.05, 3.63) is 60.4 Å². The number of hydrogen-bond acceptors (Lipinski definition) is 4. The van der Waals surface area contributed by atoms with Gasteiger partial charge in [0.05, 0.1) is 0 Å². The summed E-state index contributed by atoms with van der Waals surface area (Å²) < 4.78 is 1.89. The fourth-order valence-corrected chi connectivity index (χ4v) is 2.10. The Morgan fingerprint density at radius 2 is 1.76 bits per heavy atom. The van der Waals surface area contributed by atoms with Gasteiger partial charge in [-0.3, -0.25) is 0 Å². The summed E-state index contributed by atoms with van der Waals surface area (Å²) in [5.74, 6) is 1.13. The molecule has 0 aliphatic rings. The fraction of sp³-hybridized carbons (Fsp3) is 0.125. The summed E-state index contributed by atoms with van der Waals surface area (Å²) in [4.78, 5) is 0. The second-order valence-electron chi connectivity index (χ2n) is 4.86. The molecular formula is C16H16N4O. The number of nitrogens with zero attached hydrogens (tertiary/aromatic N) is 3. The van der Waals surface area contributed by atoms with Crippen LogP contribution in [0.2, 0.25) is 0 Å². The molecule has 0 radical (unpaired) electrons. The highest BCUT2D eigenvalue weighted by atomic mass is 16.3. The van der Waals surface area contributed by atoms with Crippen molar-refractivity contribution < 1.29 is 5.11 Å². The van der Waals surface area contributed by atoms with Crippen molar-refractivity contribution in [3.8, 4) is 17.1 Å². The lowest BCUT2D eigenvalue weighted by Gasteiger charge is -2.08. The lowest BCUT2D eigenvalue weighted by Crippen LogP contribution is -1.99. The Hall–Kier alpha value is -2.82. The van der Waals surface area contributed by atoms with E-state index in [0.717, 1.165) is 22.6 Å². The predicted molar refractivity (Wildman–Crippen MR) is 81.9 cm³/mol. The molecule has 1 heterocycles. The van der Waals surface area contributed by atoms with Crippen LogP contribution in [-0.4, -0.2) is 19.9 Å². The molecule has 0 unspecified atom stereocenters. The number of benzene rings is 2. The van der Waals surface area contributed by atoms with E-state index in [4.69, 9.17) is 0 Å². The number of aryl methyl sites for hydroxylation is 1. The largest absolute Gasteiger partial charge is 0.508 e. The summed E-state index contributed by atoms with van der Waals surface area (Å²) in [6, 6.07) is 15.2. The monoisotopic (exact) mass is 280 g/mol. The Labute approximate surface area is 122 Å². The highest BCUT2D eigenvalue weighted by molar-refractivity contribution is 5.59. The van der Waals surface area contributed by atoms with Gasteiger partial charge in [0.2, 0.25) is 0 Å².